The summed E-state index contributed by atoms with van der Waals surface area (Å²) >= 11 is 0. The van der Waals surface area contributed by atoms with Crippen LogP contribution < -0.4 is 10.1 Å². The molecule has 1 aliphatic carbocycles. The average Bonchev–Trinajstić information content (AvgIpc) is 3.49. The lowest BCUT2D eigenvalue weighted by Crippen LogP contribution is -2.44. The van der Waals surface area contributed by atoms with Crippen LogP contribution in [0.2, 0.25) is 0 Å². The Morgan fingerprint density at radius 1 is 1.12 bits per heavy atom. The molecule has 0 aliphatic heterocycles. The van der Waals surface area contributed by atoms with Crippen LogP contribution in [0.3, 0.4) is 0 Å². The number of carboxylic acid groups (broad SMARTS) is 1. The van der Waals surface area contributed by atoms with Gasteiger partial charge in [-0.3, -0.25) is 9.59 Å². The molecular weight excluding hydrogens is 330 g/mol. The molecule has 0 heterocycles. The van der Waals surface area contributed by atoms with Gasteiger partial charge in [0, 0.05) is 12.1 Å². The van der Waals surface area contributed by atoms with Crippen molar-refractivity contribution in [2.75, 3.05) is 13.2 Å². The van der Waals surface area contributed by atoms with Crippen LogP contribution in [-0.4, -0.2) is 30.1 Å². The average molecular weight is 353 g/mol. The maximum atomic E-state index is 12.4. The molecule has 0 spiro atoms. The Kier molecular flexibility index (Phi) is 5.26. The highest BCUT2D eigenvalue weighted by molar-refractivity contribution is 5.95. The van der Waals surface area contributed by atoms with Crippen LogP contribution in [-0.2, 0) is 10.2 Å². The van der Waals surface area contributed by atoms with Crippen molar-refractivity contribution < 1.29 is 19.4 Å². The van der Waals surface area contributed by atoms with Gasteiger partial charge in [-0.15, -0.1) is 0 Å². The summed E-state index contributed by atoms with van der Waals surface area (Å²) < 4.78 is 5.66. The number of nitrogens with one attached hydrogen (secondary N) is 1. The summed E-state index contributed by atoms with van der Waals surface area (Å²) in [6, 6.07) is 15.8. The van der Waals surface area contributed by atoms with Crippen molar-refractivity contribution in [1.82, 2.24) is 5.32 Å². The third-order valence-electron chi connectivity index (χ3n) is 4.78. The lowest BCUT2D eigenvalue weighted by atomic mass is 9.82. The van der Waals surface area contributed by atoms with Gasteiger partial charge >= 0.3 is 5.97 Å². The minimum atomic E-state index is -1.19. The van der Waals surface area contributed by atoms with Crippen LogP contribution >= 0.6 is 0 Å². The molecule has 0 aromatic heterocycles. The molecule has 5 heteroatoms. The molecule has 5 nitrogen and oxygen atoms in total. The Bertz CT molecular complexity index is 768. The van der Waals surface area contributed by atoms with Gasteiger partial charge in [-0.25, -0.2) is 0 Å². The Morgan fingerprint density at radius 3 is 2.35 bits per heavy atom. The number of benzene rings is 2. The van der Waals surface area contributed by atoms with E-state index in [2.05, 4.69) is 5.32 Å². The van der Waals surface area contributed by atoms with Gasteiger partial charge in [0.15, 0.2) is 0 Å². The molecule has 1 amide bonds. The van der Waals surface area contributed by atoms with E-state index in [4.69, 9.17) is 4.74 Å². The molecule has 1 saturated carbocycles. The number of carboxylic acids is 1. The quantitative estimate of drug-likeness (QED) is 0.764. The Labute approximate surface area is 153 Å². The summed E-state index contributed by atoms with van der Waals surface area (Å²) in [5, 5.41) is 12.4. The smallest absolute Gasteiger partial charge is 0.315 e. The van der Waals surface area contributed by atoms with Gasteiger partial charge < -0.3 is 15.2 Å². The van der Waals surface area contributed by atoms with Crippen LogP contribution in [0.15, 0.2) is 54.6 Å². The SMILES string of the molecule is CC(CNC(=O)c1ccc(OCC2CC2)cc1)(C(=O)O)c1ccccc1. The molecule has 0 radical (unpaired) electrons. The molecule has 2 aromatic carbocycles. The maximum absolute atomic E-state index is 12.4. The van der Waals surface area contributed by atoms with Gasteiger partial charge in [0.1, 0.15) is 11.2 Å². The summed E-state index contributed by atoms with van der Waals surface area (Å²) in [7, 11) is 0. The highest BCUT2D eigenvalue weighted by Gasteiger charge is 2.35. The van der Waals surface area contributed by atoms with Crippen molar-refractivity contribution in [3.05, 3.63) is 65.7 Å². The molecule has 2 aromatic rings. The fourth-order valence-electron chi connectivity index (χ4n) is 2.67. The van der Waals surface area contributed by atoms with Gasteiger partial charge in [0.25, 0.3) is 5.91 Å². The normalized spacial score (nSPS) is 15.7. The fraction of sp³-hybridized carbons (Fsp3) is 0.333. The number of rotatable bonds is 8. The van der Waals surface area contributed by atoms with E-state index in [0.29, 0.717) is 17.0 Å². The van der Waals surface area contributed by atoms with E-state index < -0.39 is 11.4 Å². The zero-order chi connectivity index (χ0) is 18.6. The van der Waals surface area contributed by atoms with Gasteiger partial charge in [-0.1, -0.05) is 30.3 Å². The van der Waals surface area contributed by atoms with Gasteiger partial charge in [-0.2, -0.15) is 0 Å². The second-order valence-electron chi connectivity index (χ2n) is 6.96. The molecule has 1 unspecified atom stereocenters. The summed E-state index contributed by atoms with van der Waals surface area (Å²) in [6.45, 7) is 2.34. The monoisotopic (exact) mass is 353 g/mol. The number of amides is 1. The predicted molar refractivity (Wildman–Crippen MR) is 98.4 cm³/mol. The molecule has 2 N–H and O–H groups in total. The molecular formula is C21H23NO4. The molecule has 26 heavy (non-hydrogen) atoms. The van der Waals surface area contributed by atoms with Gasteiger partial charge in [-0.05, 0) is 55.5 Å². The number of aliphatic carboxylic acids is 1. The maximum Gasteiger partial charge on any atom is 0.315 e. The van der Waals surface area contributed by atoms with Crippen molar-refractivity contribution in [1.29, 1.82) is 0 Å². The number of carbonyl (C=O) groups excluding carboxylic acids is 1. The van der Waals surface area contributed by atoms with Crippen molar-refractivity contribution >= 4 is 11.9 Å². The van der Waals surface area contributed by atoms with E-state index >= 15 is 0 Å². The Hall–Kier alpha value is -2.82. The first-order valence-electron chi connectivity index (χ1n) is 8.79. The number of ether oxygens (including phenoxy) is 1. The number of hydrogen-bond acceptors (Lipinski definition) is 3. The summed E-state index contributed by atoms with van der Waals surface area (Å²) in [6.07, 6.45) is 2.45. The van der Waals surface area contributed by atoms with Crippen LogP contribution in [0.5, 0.6) is 5.75 Å². The molecule has 0 saturated heterocycles. The van der Waals surface area contributed by atoms with Gasteiger partial charge in [0.2, 0.25) is 0 Å². The van der Waals surface area contributed by atoms with Crippen LogP contribution in [0.25, 0.3) is 0 Å². The first kappa shape index (κ1) is 18.0. The predicted octanol–water partition coefficient (Wildman–Crippen LogP) is 3.25. The summed E-state index contributed by atoms with van der Waals surface area (Å²) in [5.74, 6) is 0.132. The first-order valence-corrected chi connectivity index (χ1v) is 8.79. The summed E-state index contributed by atoms with van der Waals surface area (Å²) in [4.78, 5) is 24.2. The van der Waals surface area contributed by atoms with E-state index in [1.807, 2.05) is 6.07 Å². The van der Waals surface area contributed by atoms with Crippen LogP contribution in [0.4, 0.5) is 0 Å². The van der Waals surface area contributed by atoms with E-state index in [0.717, 1.165) is 12.4 Å². The topological polar surface area (TPSA) is 75.6 Å². The molecule has 1 fully saturated rings. The van der Waals surface area contributed by atoms with Crippen LogP contribution in [0, 0.1) is 5.92 Å². The van der Waals surface area contributed by atoms with Crippen molar-refractivity contribution in [3.63, 3.8) is 0 Å². The third-order valence-corrected chi connectivity index (χ3v) is 4.78. The van der Waals surface area contributed by atoms with Crippen LogP contribution in [0.1, 0.15) is 35.7 Å². The van der Waals surface area contributed by atoms with Crippen molar-refractivity contribution in [3.8, 4) is 5.75 Å². The molecule has 136 valence electrons. The summed E-state index contributed by atoms with van der Waals surface area (Å²) in [5.41, 5.74) is -0.0641. The number of carbonyl (C=O) groups is 2. The zero-order valence-corrected chi connectivity index (χ0v) is 14.8. The largest absolute Gasteiger partial charge is 0.493 e. The molecule has 3 rings (SSSR count). The highest BCUT2D eigenvalue weighted by Crippen LogP contribution is 2.29. The number of hydrogen-bond donors (Lipinski definition) is 2. The lowest BCUT2D eigenvalue weighted by Gasteiger charge is -2.25. The second kappa shape index (κ2) is 7.60. The molecule has 1 aliphatic rings. The van der Waals surface area contributed by atoms with E-state index in [-0.39, 0.29) is 12.5 Å². The van der Waals surface area contributed by atoms with Crippen molar-refractivity contribution in [2.24, 2.45) is 5.92 Å². The lowest BCUT2D eigenvalue weighted by molar-refractivity contribution is -0.142. The van der Waals surface area contributed by atoms with E-state index in [1.165, 1.54) is 12.8 Å². The van der Waals surface area contributed by atoms with Gasteiger partial charge in [0.05, 0.1) is 6.61 Å². The standard InChI is InChI=1S/C21H23NO4/c1-21(20(24)25,17-5-3-2-4-6-17)14-22-19(23)16-9-11-18(12-10-16)26-13-15-7-8-15/h2-6,9-12,15H,7-8,13-14H2,1H3,(H,22,23)(H,24,25). The van der Waals surface area contributed by atoms with E-state index in [1.54, 1.807) is 55.5 Å². The third kappa shape index (κ3) is 4.23. The highest BCUT2D eigenvalue weighted by atomic mass is 16.5. The fourth-order valence-corrected chi connectivity index (χ4v) is 2.67. The van der Waals surface area contributed by atoms with Crippen molar-refractivity contribution in [2.45, 2.75) is 25.2 Å². The zero-order valence-electron chi connectivity index (χ0n) is 14.8. The second-order valence-corrected chi connectivity index (χ2v) is 6.96. The van der Waals surface area contributed by atoms with E-state index in [9.17, 15) is 14.7 Å². The first-order chi connectivity index (χ1) is 12.5. The molecule has 1 atom stereocenters. The minimum absolute atomic E-state index is 0.00507. The molecule has 0 bridgehead atoms. The minimum Gasteiger partial charge on any atom is -0.493 e. The Balaban J connectivity index is 1.62. The Morgan fingerprint density at radius 2 is 1.77 bits per heavy atom.